The molecule has 1 aliphatic rings. The van der Waals surface area contributed by atoms with Crippen LogP contribution in [0.4, 0.5) is 0 Å². The van der Waals surface area contributed by atoms with Crippen LogP contribution in [-0.4, -0.2) is 22.8 Å². The number of halogens is 1. The zero-order valence-electron chi connectivity index (χ0n) is 16.0. The molecule has 2 aromatic carbocycles. The Hall–Kier alpha value is -3.06. The summed E-state index contributed by atoms with van der Waals surface area (Å²) in [7, 11) is 0. The highest BCUT2D eigenvalue weighted by molar-refractivity contribution is 6.33. The minimum atomic E-state index is -0.445. The van der Waals surface area contributed by atoms with E-state index in [1.165, 1.54) is 0 Å². The predicted octanol–water partition coefficient (Wildman–Crippen LogP) is 4.64. The van der Waals surface area contributed by atoms with E-state index in [0.29, 0.717) is 33.8 Å². The fourth-order valence-corrected chi connectivity index (χ4v) is 3.28. The maximum Gasteiger partial charge on any atom is 0.253 e. The Morgan fingerprint density at radius 3 is 2.79 bits per heavy atom. The van der Waals surface area contributed by atoms with Crippen LogP contribution in [-0.2, 0) is 0 Å². The first-order valence-electron chi connectivity index (χ1n) is 9.35. The van der Waals surface area contributed by atoms with Gasteiger partial charge in [-0.1, -0.05) is 49.2 Å². The zero-order valence-corrected chi connectivity index (χ0v) is 16.8. The molecule has 2 heterocycles. The number of hydrogen-bond donors (Lipinski definition) is 1. The molecule has 0 spiro atoms. The molecule has 0 unspecified atom stereocenters. The number of benzene rings is 2. The summed E-state index contributed by atoms with van der Waals surface area (Å²) >= 11 is 6.16. The lowest BCUT2D eigenvalue weighted by molar-refractivity contribution is 0.0910. The minimum absolute atomic E-state index is 0.0755. The topological polar surface area (TPSA) is 86.5 Å². The van der Waals surface area contributed by atoms with Gasteiger partial charge >= 0.3 is 0 Å². The Morgan fingerprint density at radius 2 is 2.00 bits per heavy atom. The van der Waals surface area contributed by atoms with Crippen molar-refractivity contribution in [3.05, 3.63) is 58.9 Å². The monoisotopic (exact) mass is 413 g/mol. The minimum Gasteiger partial charge on any atom is -0.454 e. The average Bonchev–Trinajstić information content (AvgIpc) is 3.40. The number of carbonyl (C=O) groups is 1. The van der Waals surface area contributed by atoms with E-state index in [0.717, 1.165) is 12.0 Å². The zero-order chi connectivity index (χ0) is 20.4. The second-order valence-electron chi connectivity index (χ2n) is 6.84. The van der Waals surface area contributed by atoms with Gasteiger partial charge in [0.2, 0.25) is 18.5 Å². The number of aromatic nitrogens is 2. The van der Waals surface area contributed by atoms with E-state index in [9.17, 15) is 4.79 Å². The lowest BCUT2D eigenvalue weighted by Gasteiger charge is -2.21. The second kappa shape index (κ2) is 8.13. The molecule has 1 amide bonds. The largest absolute Gasteiger partial charge is 0.454 e. The fraction of sp³-hybridized carbons (Fsp3) is 0.286. The summed E-state index contributed by atoms with van der Waals surface area (Å²) in [6.07, 6.45) is 0.815. The molecule has 0 fully saturated rings. The van der Waals surface area contributed by atoms with E-state index in [4.69, 9.17) is 25.6 Å². The van der Waals surface area contributed by atoms with Crippen molar-refractivity contribution >= 4 is 17.5 Å². The maximum absolute atomic E-state index is 12.8. The molecular formula is C21H20ClN3O4. The number of hydrogen-bond acceptors (Lipinski definition) is 6. The average molecular weight is 414 g/mol. The lowest BCUT2D eigenvalue weighted by Crippen LogP contribution is -2.33. The molecule has 1 aliphatic heterocycles. The Labute approximate surface area is 173 Å². The molecule has 2 atom stereocenters. The van der Waals surface area contributed by atoms with Gasteiger partial charge < -0.3 is 19.3 Å². The molecule has 150 valence electrons. The van der Waals surface area contributed by atoms with Crippen LogP contribution < -0.4 is 14.8 Å². The third kappa shape index (κ3) is 3.91. The summed E-state index contributed by atoms with van der Waals surface area (Å²) in [4.78, 5) is 17.3. The van der Waals surface area contributed by atoms with Crippen molar-refractivity contribution in [2.45, 2.75) is 26.3 Å². The first-order valence-corrected chi connectivity index (χ1v) is 9.73. The van der Waals surface area contributed by atoms with Crippen LogP contribution in [0.1, 0.15) is 42.6 Å². The summed E-state index contributed by atoms with van der Waals surface area (Å²) in [5.74, 6) is 1.86. The molecule has 7 nitrogen and oxygen atoms in total. The number of nitrogens with one attached hydrogen (secondary N) is 1. The number of nitrogens with zero attached hydrogens (tertiary/aromatic N) is 2. The quantitative estimate of drug-likeness (QED) is 0.633. The molecule has 0 saturated carbocycles. The van der Waals surface area contributed by atoms with Crippen LogP contribution in [0, 0.1) is 5.92 Å². The second-order valence-corrected chi connectivity index (χ2v) is 7.25. The number of ether oxygens (including phenoxy) is 2. The van der Waals surface area contributed by atoms with E-state index in [1.807, 2.05) is 19.9 Å². The van der Waals surface area contributed by atoms with Gasteiger partial charge in [0.1, 0.15) is 6.04 Å². The van der Waals surface area contributed by atoms with E-state index in [-0.39, 0.29) is 18.6 Å². The number of amides is 1. The molecule has 3 aromatic rings. The van der Waals surface area contributed by atoms with Crippen LogP contribution in [0.15, 0.2) is 47.0 Å². The Morgan fingerprint density at radius 1 is 1.21 bits per heavy atom. The first kappa shape index (κ1) is 19.3. The molecule has 29 heavy (non-hydrogen) atoms. The van der Waals surface area contributed by atoms with Crippen LogP contribution in [0.3, 0.4) is 0 Å². The van der Waals surface area contributed by atoms with Crippen molar-refractivity contribution in [1.82, 2.24) is 15.5 Å². The smallest absolute Gasteiger partial charge is 0.253 e. The van der Waals surface area contributed by atoms with Crippen LogP contribution in [0.25, 0.3) is 11.4 Å². The number of rotatable bonds is 6. The van der Waals surface area contributed by atoms with Gasteiger partial charge in [0, 0.05) is 5.56 Å². The van der Waals surface area contributed by atoms with Gasteiger partial charge in [-0.05, 0) is 36.2 Å². The van der Waals surface area contributed by atoms with Crippen molar-refractivity contribution in [2.24, 2.45) is 5.92 Å². The molecule has 1 aromatic heterocycles. The summed E-state index contributed by atoms with van der Waals surface area (Å²) in [5, 5.41) is 7.46. The van der Waals surface area contributed by atoms with Gasteiger partial charge in [-0.15, -0.1) is 0 Å². The molecule has 8 heteroatoms. The van der Waals surface area contributed by atoms with Crippen LogP contribution in [0.5, 0.6) is 11.5 Å². The number of fused-ring (bicyclic) bond motifs is 1. The summed E-state index contributed by atoms with van der Waals surface area (Å²) in [6.45, 7) is 4.25. The molecular weight excluding hydrogens is 394 g/mol. The van der Waals surface area contributed by atoms with Gasteiger partial charge in [0.05, 0.1) is 10.6 Å². The SMILES string of the molecule is CC[C@@H](C)[C@H](NC(=O)c1ccccc1Cl)c1nc(-c2ccc3c(c2)OCO3)no1. The Bertz CT molecular complexity index is 1040. The molecule has 0 aliphatic carbocycles. The third-order valence-corrected chi connectivity index (χ3v) is 5.29. The van der Waals surface area contributed by atoms with E-state index < -0.39 is 6.04 Å². The predicted molar refractivity (Wildman–Crippen MR) is 107 cm³/mol. The van der Waals surface area contributed by atoms with E-state index in [2.05, 4.69) is 15.5 Å². The van der Waals surface area contributed by atoms with Gasteiger partial charge in [0.25, 0.3) is 5.91 Å². The standard InChI is InChI=1S/C21H20ClN3O4/c1-3-12(2)18(23-20(26)14-6-4-5-7-15(14)22)21-24-19(25-29-21)13-8-9-16-17(10-13)28-11-27-16/h4-10,12,18H,3,11H2,1-2H3,(H,23,26)/t12-,18+/m1/s1. The van der Waals surface area contributed by atoms with Crippen molar-refractivity contribution in [3.63, 3.8) is 0 Å². The third-order valence-electron chi connectivity index (χ3n) is 4.96. The highest BCUT2D eigenvalue weighted by atomic mass is 35.5. The van der Waals surface area contributed by atoms with Crippen molar-refractivity contribution in [1.29, 1.82) is 0 Å². The summed E-state index contributed by atoms with van der Waals surface area (Å²) < 4.78 is 16.2. The highest BCUT2D eigenvalue weighted by Gasteiger charge is 2.28. The van der Waals surface area contributed by atoms with Crippen LogP contribution in [0.2, 0.25) is 5.02 Å². The summed E-state index contributed by atoms with van der Waals surface area (Å²) in [5.41, 5.74) is 1.14. The molecule has 1 N–H and O–H groups in total. The molecule has 0 saturated heterocycles. The fourth-order valence-electron chi connectivity index (χ4n) is 3.06. The van der Waals surface area contributed by atoms with Crippen molar-refractivity contribution in [2.75, 3.05) is 6.79 Å². The van der Waals surface area contributed by atoms with Gasteiger partial charge in [-0.2, -0.15) is 4.98 Å². The Kier molecular flexibility index (Phi) is 5.40. The van der Waals surface area contributed by atoms with Gasteiger partial charge in [-0.25, -0.2) is 0 Å². The van der Waals surface area contributed by atoms with Crippen LogP contribution >= 0.6 is 11.6 Å². The number of carbonyl (C=O) groups excluding carboxylic acids is 1. The molecule has 4 rings (SSSR count). The van der Waals surface area contributed by atoms with Gasteiger partial charge in [0.15, 0.2) is 11.5 Å². The van der Waals surface area contributed by atoms with Gasteiger partial charge in [-0.3, -0.25) is 4.79 Å². The van der Waals surface area contributed by atoms with Crippen molar-refractivity contribution < 1.29 is 18.8 Å². The summed E-state index contributed by atoms with van der Waals surface area (Å²) in [6, 6.07) is 11.9. The molecule has 0 bridgehead atoms. The molecule has 0 radical (unpaired) electrons. The van der Waals surface area contributed by atoms with E-state index in [1.54, 1.807) is 36.4 Å². The Balaban J connectivity index is 1.60. The van der Waals surface area contributed by atoms with E-state index >= 15 is 0 Å². The van der Waals surface area contributed by atoms with Crippen molar-refractivity contribution in [3.8, 4) is 22.9 Å². The highest BCUT2D eigenvalue weighted by Crippen LogP contribution is 2.35. The maximum atomic E-state index is 12.8. The normalized spacial score (nSPS) is 14.4. The first-order chi connectivity index (χ1) is 14.1. The lowest BCUT2D eigenvalue weighted by atomic mass is 9.98.